The van der Waals surface area contributed by atoms with E-state index >= 15 is 0 Å². The van der Waals surface area contributed by atoms with E-state index in [4.69, 9.17) is 16.3 Å². The topological polar surface area (TPSA) is 75.7 Å². The third kappa shape index (κ3) is 3.67. The molecule has 0 radical (unpaired) electrons. The normalized spacial score (nSPS) is 20.8. The first-order valence-electron chi connectivity index (χ1n) is 5.49. The number of thiophene rings is 1. The summed E-state index contributed by atoms with van der Waals surface area (Å²) in [6.45, 7) is 0.468. The third-order valence-corrected chi connectivity index (χ3v) is 5.81. The summed E-state index contributed by atoms with van der Waals surface area (Å²) in [7, 11) is -1.91. The lowest BCUT2D eigenvalue weighted by atomic mass is 10.3. The van der Waals surface area contributed by atoms with Crippen molar-refractivity contribution in [2.24, 2.45) is 0 Å². The van der Waals surface area contributed by atoms with E-state index in [2.05, 4.69) is 4.72 Å². The number of sulfonamides is 1. The van der Waals surface area contributed by atoms with Crippen molar-refractivity contribution in [1.82, 2.24) is 9.62 Å². The number of hydrogen-bond acceptors (Lipinski definition) is 5. The van der Waals surface area contributed by atoms with E-state index in [1.807, 2.05) is 0 Å². The van der Waals surface area contributed by atoms with E-state index in [0.717, 1.165) is 11.3 Å². The molecule has 0 bridgehead atoms. The molecule has 6 nitrogen and oxygen atoms in total. The molecule has 1 fully saturated rings. The summed E-state index contributed by atoms with van der Waals surface area (Å²) >= 11 is 6.70. The summed E-state index contributed by atoms with van der Waals surface area (Å²) in [5.41, 5.74) is 0. The zero-order valence-corrected chi connectivity index (χ0v) is 12.5. The molecule has 0 spiro atoms. The summed E-state index contributed by atoms with van der Waals surface area (Å²) in [4.78, 5) is 12.7. The first-order valence-corrected chi connectivity index (χ1v) is 8.17. The van der Waals surface area contributed by atoms with Gasteiger partial charge in [-0.1, -0.05) is 11.6 Å². The highest BCUT2D eigenvalue weighted by Gasteiger charge is 2.25. The first-order chi connectivity index (χ1) is 8.88. The number of ether oxygens (including phenoxy) is 1. The molecule has 106 valence electrons. The highest BCUT2D eigenvalue weighted by Crippen LogP contribution is 2.25. The Morgan fingerprint density at radius 2 is 2.32 bits per heavy atom. The number of likely N-dealkylation sites (N-methyl/N-ethyl adjacent to an activating group) is 1. The van der Waals surface area contributed by atoms with Gasteiger partial charge in [0.15, 0.2) is 0 Å². The fourth-order valence-corrected chi connectivity index (χ4v) is 4.19. The smallest absolute Gasteiger partial charge is 0.250 e. The fourth-order valence-electron chi connectivity index (χ4n) is 1.60. The number of nitrogens with zero attached hydrogens (tertiary/aromatic N) is 1. The molecule has 19 heavy (non-hydrogen) atoms. The lowest BCUT2D eigenvalue weighted by Gasteiger charge is -2.29. The van der Waals surface area contributed by atoms with Gasteiger partial charge in [0.25, 0.3) is 0 Å². The van der Waals surface area contributed by atoms with E-state index in [1.54, 1.807) is 7.05 Å². The summed E-state index contributed by atoms with van der Waals surface area (Å²) in [6, 6.07) is 2.98. The molecule has 1 aliphatic heterocycles. The molecule has 1 N–H and O–H groups in total. The SMILES string of the molecule is CN1CC(CNS(=O)(=O)c2ccc(Cl)s2)OCC1=O. The van der Waals surface area contributed by atoms with Crippen LogP contribution in [0.2, 0.25) is 4.34 Å². The Kier molecular flexibility index (Phi) is 4.46. The molecule has 9 heteroatoms. The van der Waals surface area contributed by atoms with Gasteiger partial charge in [0, 0.05) is 20.1 Å². The molecular formula is C10H13ClN2O4S2. The molecule has 2 rings (SSSR count). The summed E-state index contributed by atoms with van der Waals surface area (Å²) in [6.07, 6.45) is -0.340. The summed E-state index contributed by atoms with van der Waals surface area (Å²) in [5.74, 6) is -0.107. The van der Waals surface area contributed by atoms with E-state index in [0.29, 0.717) is 10.9 Å². The van der Waals surface area contributed by atoms with Gasteiger partial charge in [0.2, 0.25) is 15.9 Å². The Labute approximate surface area is 120 Å². The highest BCUT2D eigenvalue weighted by molar-refractivity contribution is 7.91. The molecule has 1 amide bonds. The van der Waals surface area contributed by atoms with E-state index in [1.165, 1.54) is 17.0 Å². The standard InChI is InChI=1S/C10H13ClN2O4S2/c1-13-5-7(17-6-9(13)14)4-12-19(15,16)10-3-2-8(11)18-10/h2-3,7,12H,4-6H2,1H3. The van der Waals surface area contributed by atoms with Crippen LogP contribution in [0.4, 0.5) is 0 Å². The van der Waals surface area contributed by atoms with Crippen LogP contribution >= 0.6 is 22.9 Å². The molecule has 1 atom stereocenters. The van der Waals surface area contributed by atoms with Gasteiger partial charge in [0.05, 0.1) is 10.4 Å². The maximum atomic E-state index is 11.9. The van der Waals surface area contributed by atoms with Crippen molar-refractivity contribution < 1.29 is 17.9 Å². The van der Waals surface area contributed by atoms with E-state index in [9.17, 15) is 13.2 Å². The molecule has 0 saturated carbocycles. The Morgan fingerprint density at radius 1 is 1.58 bits per heavy atom. The number of amides is 1. The number of halogens is 1. The molecule has 0 aromatic carbocycles. The number of nitrogens with one attached hydrogen (secondary N) is 1. The van der Waals surface area contributed by atoms with Gasteiger partial charge < -0.3 is 9.64 Å². The number of carbonyl (C=O) groups is 1. The van der Waals surface area contributed by atoms with Crippen LogP contribution in [0, 0.1) is 0 Å². The summed E-state index contributed by atoms with van der Waals surface area (Å²) < 4.78 is 32.2. The summed E-state index contributed by atoms with van der Waals surface area (Å²) in [5, 5.41) is 0. The van der Waals surface area contributed by atoms with Gasteiger partial charge in [-0.3, -0.25) is 4.79 Å². The minimum absolute atomic E-state index is 0.0201. The first kappa shape index (κ1) is 14.7. The van der Waals surface area contributed by atoms with E-state index < -0.39 is 10.0 Å². The van der Waals surface area contributed by atoms with Gasteiger partial charge in [-0.15, -0.1) is 11.3 Å². The molecule has 1 aromatic rings. The van der Waals surface area contributed by atoms with Crippen LogP contribution < -0.4 is 4.72 Å². The number of morpholine rings is 1. The Bertz CT molecular complexity index is 572. The van der Waals surface area contributed by atoms with Crippen molar-refractivity contribution >= 4 is 38.9 Å². The minimum atomic E-state index is -3.57. The molecule has 1 unspecified atom stereocenters. The second-order valence-corrected chi connectivity index (χ2v) is 7.83. The second-order valence-electron chi connectivity index (χ2n) is 4.12. The average Bonchev–Trinajstić information content (AvgIpc) is 2.78. The molecule has 1 saturated heterocycles. The molecule has 1 aromatic heterocycles. The average molecular weight is 325 g/mol. The van der Waals surface area contributed by atoms with Gasteiger partial charge >= 0.3 is 0 Å². The van der Waals surface area contributed by atoms with Crippen LogP contribution in [-0.4, -0.2) is 52.1 Å². The van der Waals surface area contributed by atoms with Gasteiger partial charge in [-0.25, -0.2) is 13.1 Å². The Hall–Kier alpha value is -0.670. The maximum absolute atomic E-state index is 11.9. The number of rotatable bonds is 4. The van der Waals surface area contributed by atoms with Crippen molar-refractivity contribution in [2.75, 3.05) is 26.7 Å². The van der Waals surface area contributed by atoms with Crippen molar-refractivity contribution in [3.8, 4) is 0 Å². The van der Waals surface area contributed by atoms with Crippen LogP contribution in [0.1, 0.15) is 0 Å². The monoisotopic (exact) mass is 324 g/mol. The third-order valence-electron chi connectivity index (χ3n) is 2.66. The zero-order chi connectivity index (χ0) is 14.0. The van der Waals surface area contributed by atoms with Crippen molar-refractivity contribution in [3.05, 3.63) is 16.5 Å². The molecule has 1 aliphatic rings. The van der Waals surface area contributed by atoms with Crippen LogP contribution in [-0.2, 0) is 19.6 Å². The van der Waals surface area contributed by atoms with Gasteiger partial charge in [-0.2, -0.15) is 0 Å². The van der Waals surface area contributed by atoms with Crippen molar-refractivity contribution in [1.29, 1.82) is 0 Å². The minimum Gasteiger partial charge on any atom is -0.365 e. The van der Waals surface area contributed by atoms with Crippen molar-refractivity contribution in [3.63, 3.8) is 0 Å². The fraction of sp³-hybridized carbons (Fsp3) is 0.500. The molecular weight excluding hydrogens is 312 g/mol. The molecule has 2 heterocycles. The number of carbonyl (C=O) groups excluding carboxylic acids is 1. The second kappa shape index (κ2) is 5.76. The Morgan fingerprint density at radius 3 is 2.89 bits per heavy atom. The van der Waals surface area contributed by atoms with Gasteiger partial charge in [0.1, 0.15) is 10.8 Å². The lowest BCUT2D eigenvalue weighted by molar-refractivity contribution is -0.146. The Balaban J connectivity index is 1.93. The maximum Gasteiger partial charge on any atom is 0.250 e. The number of hydrogen-bond donors (Lipinski definition) is 1. The largest absolute Gasteiger partial charge is 0.365 e. The van der Waals surface area contributed by atoms with Crippen LogP contribution in [0.5, 0.6) is 0 Å². The van der Waals surface area contributed by atoms with Crippen LogP contribution in [0.15, 0.2) is 16.3 Å². The predicted molar refractivity (Wildman–Crippen MR) is 71.9 cm³/mol. The quantitative estimate of drug-likeness (QED) is 0.877. The molecule has 0 aliphatic carbocycles. The zero-order valence-electron chi connectivity index (χ0n) is 10.1. The van der Waals surface area contributed by atoms with Crippen LogP contribution in [0.3, 0.4) is 0 Å². The van der Waals surface area contributed by atoms with E-state index in [-0.39, 0.29) is 29.4 Å². The lowest BCUT2D eigenvalue weighted by Crippen LogP contribution is -2.48. The highest BCUT2D eigenvalue weighted by atomic mass is 35.5. The van der Waals surface area contributed by atoms with Crippen molar-refractivity contribution in [2.45, 2.75) is 10.3 Å². The predicted octanol–water partition coefficient (Wildman–Crippen LogP) is 0.537. The van der Waals surface area contributed by atoms with Crippen LogP contribution in [0.25, 0.3) is 0 Å². The van der Waals surface area contributed by atoms with Gasteiger partial charge in [-0.05, 0) is 12.1 Å².